The molecule has 6 atom stereocenters. The van der Waals surface area contributed by atoms with E-state index in [0.29, 0.717) is 27.0 Å². The molecule has 6 N–H and O–H groups in total. The van der Waals surface area contributed by atoms with Crippen molar-refractivity contribution in [1.29, 1.82) is 0 Å². The fourth-order valence-electron chi connectivity index (χ4n) is 3.43. The molecule has 214 valence electrons. The molecule has 0 aliphatic rings. The minimum atomic E-state index is -4.34. The fraction of sp³-hybridized carbons (Fsp3) is 0.500. The minimum absolute atomic E-state index is 0.0544. The molecule has 38 heavy (non-hydrogen) atoms. The standard InChI is InChI=1S/C24H35Cl2N2O9P/c1-5-35-38(32,33)36-14-17(13-34-16(3)29)37-23(30)15(2)28-24(4,31)18-9-6-7-12-21(18)27-22-19(25)10-8-11-20(22)26/h6-12,15-17,23,27-31H,5,13-14H2,1-4H3,(H,32,33). The van der Waals surface area contributed by atoms with Gasteiger partial charge in [-0.3, -0.25) is 14.4 Å². The third-order valence-corrected chi connectivity index (χ3v) is 6.87. The first-order valence-electron chi connectivity index (χ1n) is 11.8. The van der Waals surface area contributed by atoms with Crippen LogP contribution in [0.15, 0.2) is 42.5 Å². The van der Waals surface area contributed by atoms with Crippen molar-refractivity contribution in [3.8, 4) is 0 Å². The van der Waals surface area contributed by atoms with Gasteiger partial charge in [-0.2, -0.15) is 0 Å². The van der Waals surface area contributed by atoms with E-state index >= 15 is 0 Å². The molecule has 0 heterocycles. The van der Waals surface area contributed by atoms with Gasteiger partial charge in [-0.15, -0.1) is 0 Å². The van der Waals surface area contributed by atoms with E-state index in [-0.39, 0.29) is 13.2 Å². The maximum atomic E-state index is 11.9. The van der Waals surface area contributed by atoms with Gasteiger partial charge in [0.05, 0.1) is 41.6 Å². The number of rotatable bonds is 16. The summed E-state index contributed by atoms with van der Waals surface area (Å²) in [5.74, 6) is 0. The molecular formula is C24H35Cl2N2O9P. The van der Waals surface area contributed by atoms with Crippen LogP contribution in [-0.2, 0) is 28.8 Å². The summed E-state index contributed by atoms with van der Waals surface area (Å²) in [5.41, 5.74) is -0.289. The Bertz CT molecular complexity index is 1060. The third kappa shape index (κ3) is 10.3. The molecule has 0 aliphatic heterocycles. The lowest BCUT2D eigenvalue weighted by atomic mass is 10.0. The molecule has 2 aromatic rings. The van der Waals surface area contributed by atoms with Crippen LogP contribution in [0, 0.1) is 0 Å². The van der Waals surface area contributed by atoms with Gasteiger partial charge in [-0.05, 0) is 45.9 Å². The normalized spacial score (nSPS) is 18.2. The first kappa shape index (κ1) is 32.9. The second kappa shape index (κ2) is 14.9. The number of anilines is 2. The van der Waals surface area contributed by atoms with Crippen molar-refractivity contribution in [3.63, 3.8) is 0 Å². The Hall–Kier alpha value is -1.31. The Morgan fingerprint density at radius 2 is 1.66 bits per heavy atom. The van der Waals surface area contributed by atoms with Gasteiger partial charge in [-0.1, -0.05) is 47.5 Å². The van der Waals surface area contributed by atoms with E-state index in [1.165, 1.54) is 20.8 Å². The molecule has 11 nitrogen and oxygen atoms in total. The first-order valence-corrected chi connectivity index (χ1v) is 14.1. The Morgan fingerprint density at radius 3 is 2.26 bits per heavy atom. The second-order valence-corrected chi connectivity index (χ2v) is 10.8. The molecule has 0 fully saturated rings. The largest absolute Gasteiger partial charge is 0.472 e. The van der Waals surface area contributed by atoms with Crippen molar-refractivity contribution in [2.45, 2.75) is 58.1 Å². The minimum Gasteiger partial charge on any atom is -0.372 e. The molecule has 0 amide bonds. The van der Waals surface area contributed by atoms with Gasteiger partial charge in [-0.25, -0.2) is 4.57 Å². The first-order chi connectivity index (χ1) is 17.8. The van der Waals surface area contributed by atoms with E-state index in [1.54, 1.807) is 49.4 Å². The lowest BCUT2D eigenvalue weighted by molar-refractivity contribution is -0.198. The molecule has 0 aromatic heterocycles. The number of ether oxygens (including phenoxy) is 2. The van der Waals surface area contributed by atoms with Crippen LogP contribution in [-0.4, -0.2) is 64.8 Å². The Morgan fingerprint density at radius 1 is 1.03 bits per heavy atom. The number of para-hydroxylation sites is 2. The summed E-state index contributed by atoms with van der Waals surface area (Å²) in [6, 6.07) is 11.1. The SMILES string of the molecule is CCOP(=O)(O)OCC(COC(C)O)OC(O)C(C)NC(C)(O)c1ccccc1Nc1c(Cl)cccc1Cl. The number of aliphatic hydroxyl groups is 3. The predicted molar refractivity (Wildman–Crippen MR) is 144 cm³/mol. The van der Waals surface area contributed by atoms with Gasteiger partial charge in [0.1, 0.15) is 11.8 Å². The number of aliphatic hydroxyl groups excluding tert-OH is 2. The van der Waals surface area contributed by atoms with Crippen LogP contribution in [0.4, 0.5) is 11.4 Å². The summed E-state index contributed by atoms with van der Waals surface area (Å²) in [5, 5.41) is 38.3. The van der Waals surface area contributed by atoms with Gasteiger partial charge < -0.3 is 35.0 Å². The number of halogens is 2. The summed E-state index contributed by atoms with van der Waals surface area (Å²) >= 11 is 12.6. The molecule has 0 saturated heterocycles. The molecule has 0 radical (unpaired) electrons. The molecule has 0 saturated carbocycles. The van der Waals surface area contributed by atoms with E-state index < -0.39 is 44.9 Å². The van der Waals surface area contributed by atoms with Crippen LogP contribution < -0.4 is 10.6 Å². The highest BCUT2D eigenvalue weighted by Gasteiger charge is 2.32. The summed E-state index contributed by atoms with van der Waals surface area (Å²) in [4.78, 5) is 9.66. The Kier molecular flexibility index (Phi) is 12.9. The zero-order valence-corrected chi connectivity index (χ0v) is 23.9. The number of phosphoric acid groups is 1. The van der Waals surface area contributed by atoms with Crippen molar-refractivity contribution in [3.05, 3.63) is 58.1 Å². The predicted octanol–water partition coefficient (Wildman–Crippen LogP) is 4.09. The lowest BCUT2D eigenvalue weighted by Gasteiger charge is -2.34. The van der Waals surface area contributed by atoms with Crippen molar-refractivity contribution in [2.75, 3.05) is 25.1 Å². The average Bonchev–Trinajstić information content (AvgIpc) is 2.83. The van der Waals surface area contributed by atoms with Crippen LogP contribution in [0.3, 0.4) is 0 Å². The highest BCUT2D eigenvalue weighted by Crippen LogP contribution is 2.43. The topological polar surface area (TPSA) is 159 Å². The molecule has 2 rings (SSSR count). The number of hydrogen-bond acceptors (Lipinski definition) is 10. The number of nitrogens with one attached hydrogen (secondary N) is 2. The van der Waals surface area contributed by atoms with Crippen LogP contribution in [0.25, 0.3) is 0 Å². The van der Waals surface area contributed by atoms with Crippen molar-refractivity contribution < 1.29 is 43.3 Å². The maximum absolute atomic E-state index is 11.9. The molecule has 0 aliphatic carbocycles. The van der Waals surface area contributed by atoms with E-state index in [4.69, 9.17) is 37.2 Å². The molecular weight excluding hydrogens is 562 g/mol. The zero-order valence-electron chi connectivity index (χ0n) is 21.5. The van der Waals surface area contributed by atoms with Crippen LogP contribution in [0.2, 0.25) is 10.0 Å². The number of phosphoric ester groups is 1. The molecule has 6 unspecified atom stereocenters. The Labute approximate surface area is 232 Å². The second-order valence-electron chi connectivity index (χ2n) is 8.54. The number of benzene rings is 2. The molecule has 0 bridgehead atoms. The monoisotopic (exact) mass is 596 g/mol. The van der Waals surface area contributed by atoms with Crippen molar-refractivity contribution in [2.24, 2.45) is 0 Å². The van der Waals surface area contributed by atoms with Crippen LogP contribution >= 0.6 is 31.0 Å². The van der Waals surface area contributed by atoms with Gasteiger partial charge in [0.25, 0.3) is 0 Å². The summed E-state index contributed by atoms with van der Waals surface area (Å²) in [6.07, 6.45) is -3.75. The summed E-state index contributed by atoms with van der Waals surface area (Å²) < 4.78 is 32.1. The van der Waals surface area contributed by atoms with E-state index in [1.807, 2.05) is 0 Å². The lowest BCUT2D eigenvalue weighted by Crippen LogP contribution is -2.51. The zero-order chi connectivity index (χ0) is 28.5. The molecule has 2 aromatic carbocycles. The van der Waals surface area contributed by atoms with E-state index in [0.717, 1.165) is 0 Å². The van der Waals surface area contributed by atoms with Gasteiger partial charge in [0.2, 0.25) is 0 Å². The highest BCUT2D eigenvalue weighted by atomic mass is 35.5. The third-order valence-electron chi connectivity index (χ3n) is 5.18. The average molecular weight is 597 g/mol. The fourth-order valence-corrected chi connectivity index (χ4v) is 4.67. The maximum Gasteiger partial charge on any atom is 0.472 e. The van der Waals surface area contributed by atoms with Crippen molar-refractivity contribution >= 4 is 42.4 Å². The van der Waals surface area contributed by atoms with Crippen LogP contribution in [0.1, 0.15) is 33.3 Å². The quantitative estimate of drug-likeness (QED) is 0.122. The van der Waals surface area contributed by atoms with E-state index in [2.05, 4.69) is 15.2 Å². The highest BCUT2D eigenvalue weighted by molar-refractivity contribution is 7.47. The van der Waals surface area contributed by atoms with Gasteiger partial charge in [0, 0.05) is 11.3 Å². The molecule has 0 spiro atoms. The van der Waals surface area contributed by atoms with Crippen LogP contribution in [0.5, 0.6) is 0 Å². The summed E-state index contributed by atoms with van der Waals surface area (Å²) in [7, 11) is -4.34. The summed E-state index contributed by atoms with van der Waals surface area (Å²) in [6.45, 7) is 5.14. The molecule has 14 heteroatoms. The Balaban J connectivity index is 2.14. The number of hydrogen-bond donors (Lipinski definition) is 6. The van der Waals surface area contributed by atoms with Gasteiger partial charge >= 0.3 is 7.82 Å². The van der Waals surface area contributed by atoms with Crippen molar-refractivity contribution in [1.82, 2.24) is 5.32 Å². The smallest absolute Gasteiger partial charge is 0.372 e. The van der Waals surface area contributed by atoms with E-state index in [9.17, 15) is 24.8 Å². The van der Waals surface area contributed by atoms with Gasteiger partial charge in [0.15, 0.2) is 12.6 Å².